The summed E-state index contributed by atoms with van der Waals surface area (Å²) in [6, 6.07) is 0. The monoisotopic (exact) mass is 1440 g/mol. The van der Waals surface area contributed by atoms with Crippen LogP contribution in [0.4, 0.5) is 0 Å². The maximum absolute atomic E-state index is 13.1. The Balaban J connectivity index is 5.34. The van der Waals surface area contributed by atoms with Crippen LogP contribution in [0.3, 0.4) is 0 Å². The quantitative estimate of drug-likeness (QED) is 0.0169. The Bertz CT molecular complexity index is 2370. The first-order valence-electron chi connectivity index (χ1n) is 38.8. The summed E-state index contributed by atoms with van der Waals surface area (Å²) in [5.74, 6) is -2.24. The van der Waals surface area contributed by atoms with E-state index in [0.29, 0.717) is 25.7 Å². The van der Waals surface area contributed by atoms with Crippen molar-refractivity contribution < 1.29 is 80.2 Å². The van der Waals surface area contributed by atoms with Crippen molar-refractivity contribution in [3.63, 3.8) is 0 Å². The summed E-state index contributed by atoms with van der Waals surface area (Å²) in [5.41, 5.74) is 0. The molecule has 0 bridgehead atoms. The van der Waals surface area contributed by atoms with Gasteiger partial charge in [-0.1, -0.05) is 258 Å². The highest BCUT2D eigenvalue weighted by Crippen LogP contribution is 2.45. The number of ether oxygens (including phenoxy) is 4. The van der Waals surface area contributed by atoms with Gasteiger partial charge in [-0.25, -0.2) is 9.13 Å². The first-order chi connectivity index (χ1) is 48.7. The van der Waals surface area contributed by atoms with Gasteiger partial charge in [-0.15, -0.1) is 0 Å². The molecule has 0 rings (SSSR count). The number of phosphoric ester groups is 2. The maximum atomic E-state index is 13.1. The molecular weight excluding hydrogens is 1310 g/mol. The average Bonchev–Trinajstić information content (AvgIpc) is 0.939. The van der Waals surface area contributed by atoms with Crippen LogP contribution in [0.2, 0.25) is 0 Å². The highest BCUT2D eigenvalue weighted by Gasteiger charge is 2.30. The van der Waals surface area contributed by atoms with E-state index in [2.05, 4.69) is 149 Å². The lowest BCUT2D eigenvalue weighted by Crippen LogP contribution is -2.30. The van der Waals surface area contributed by atoms with Gasteiger partial charge in [0.25, 0.3) is 0 Å². The molecule has 0 heterocycles. The molecule has 0 radical (unpaired) electrons. The third-order valence-electron chi connectivity index (χ3n) is 15.9. The number of aliphatic hydroxyl groups is 1. The number of aliphatic hydroxyl groups excluding tert-OH is 1. The van der Waals surface area contributed by atoms with E-state index in [0.717, 1.165) is 199 Å². The van der Waals surface area contributed by atoms with Crippen molar-refractivity contribution >= 4 is 39.5 Å². The van der Waals surface area contributed by atoms with Gasteiger partial charge < -0.3 is 33.8 Å². The second kappa shape index (κ2) is 72.8. The molecule has 0 amide bonds. The van der Waals surface area contributed by atoms with Gasteiger partial charge in [-0.2, -0.15) is 0 Å². The normalized spacial score (nSPS) is 14.6. The number of rotatable bonds is 72. The number of hydrogen-bond acceptors (Lipinski definition) is 15. The van der Waals surface area contributed by atoms with Gasteiger partial charge in [0.05, 0.1) is 26.4 Å². The van der Waals surface area contributed by atoms with Crippen LogP contribution >= 0.6 is 15.6 Å². The fourth-order valence-corrected chi connectivity index (χ4v) is 11.5. The topological polar surface area (TPSA) is 237 Å². The maximum Gasteiger partial charge on any atom is 0.472 e. The second-order valence-corrected chi connectivity index (χ2v) is 28.5. The number of unbranched alkanes of at least 4 members (excludes halogenated alkanes) is 26. The van der Waals surface area contributed by atoms with Crippen molar-refractivity contribution in [2.24, 2.45) is 0 Å². The predicted octanol–water partition coefficient (Wildman–Crippen LogP) is 22.3. The first kappa shape index (κ1) is 95.5. The van der Waals surface area contributed by atoms with Crippen molar-refractivity contribution in [1.29, 1.82) is 0 Å². The Morgan fingerprint density at radius 3 is 0.880 bits per heavy atom. The zero-order chi connectivity index (χ0) is 73.2. The minimum atomic E-state index is -4.99. The summed E-state index contributed by atoms with van der Waals surface area (Å²) >= 11 is 0. The van der Waals surface area contributed by atoms with Gasteiger partial charge >= 0.3 is 39.5 Å². The van der Waals surface area contributed by atoms with Gasteiger partial charge in [0.2, 0.25) is 0 Å². The zero-order valence-electron chi connectivity index (χ0n) is 62.6. The fraction of sp³-hybridized carbons (Fsp3) is 0.704. The predicted molar refractivity (Wildman–Crippen MR) is 408 cm³/mol. The molecule has 17 nitrogen and oxygen atoms in total. The molecule has 0 aliphatic rings. The van der Waals surface area contributed by atoms with Crippen LogP contribution in [0, 0.1) is 0 Å². The SMILES string of the molecule is CC/C=C\C/C=C\C/C=C\C/C=C\CCCCCCC(=O)OCC(COP(=O)(O)OCC(O)COP(=O)(O)OCC(COC(=O)CCCCCCCC/C=C\C/C=C\C/C=C\CCCCC)OC(=O)CCCCCCC/C=C\CCCC)OC(=O)CCCCCCC/C=C\C/C=C\CCC. The lowest BCUT2D eigenvalue weighted by atomic mass is 10.1. The fourth-order valence-electron chi connectivity index (χ4n) is 9.94. The van der Waals surface area contributed by atoms with E-state index in [9.17, 15) is 43.2 Å². The summed E-state index contributed by atoms with van der Waals surface area (Å²) in [6.07, 6.45) is 79.0. The van der Waals surface area contributed by atoms with Gasteiger partial charge in [0.1, 0.15) is 19.3 Å². The van der Waals surface area contributed by atoms with Crippen LogP contribution in [-0.4, -0.2) is 96.7 Å². The lowest BCUT2D eigenvalue weighted by molar-refractivity contribution is -0.161. The second-order valence-electron chi connectivity index (χ2n) is 25.6. The van der Waals surface area contributed by atoms with Crippen molar-refractivity contribution in [2.45, 2.75) is 329 Å². The standard InChI is InChI=1S/C81H138O17P2/c1-5-9-13-17-21-25-29-32-34-36-37-39-41-44-47-50-54-58-62-66-78(83)91-71-76(97-80(85)67-63-59-55-51-45-28-24-20-16-12-8-4)73-95-99(87,88)93-69-75(82)70-94-100(89,90)96-74-77(98-81(86)68-64-60-56-52-48-42-31-27-23-19-15-11-7-3)72-92-79(84)65-61-57-53-49-46-43-40-38-35-33-30-26-22-18-14-10-6-2/h10,14-15,19-22,24-27,31-35,37,39-40,43,75-77,82H,5-9,11-13,16-18,23,28-30,36,38,41-42,44-74H2,1-4H3,(H,87,88)(H,89,90)/b14-10-,19-15-,24-20-,25-21-,26-22-,31-27-,34-32-,35-33-,39-37-,43-40-. The van der Waals surface area contributed by atoms with E-state index in [-0.39, 0.29) is 25.7 Å². The van der Waals surface area contributed by atoms with Crippen molar-refractivity contribution in [3.8, 4) is 0 Å². The summed E-state index contributed by atoms with van der Waals surface area (Å²) in [5, 5.41) is 10.6. The Morgan fingerprint density at radius 2 is 0.550 bits per heavy atom. The van der Waals surface area contributed by atoms with Crippen LogP contribution in [0.5, 0.6) is 0 Å². The molecule has 0 saturated carbocycles. The molecule has 0 aromatic heterocycles. The summed E-state index contributed by atoms with van der Waals surface area (Å²) in [4.78, 5) is 72.8. The largest absolute Gasteiger partial charge is 0.472 e. The molecule has 3 N–H and O–H groups in total. The molecule has 0 fully saturated rings. The average molecular weight is 1450 g/mol. The minimum absolute atomic E-state index is 0.0706. The van der Waals surface area contributed by atoms with Crippen molar-refractivity contribution in [3.05, 3.63) is 122 Å². The van der Waals surface area contributed by atoms with Gasteiger partial charge in [-0.3, -0.25) is 37.3 Å². The number of esters is 4. The van der Waals surface area contributed by atoms with E-state index in [1.807, 2.05) is 0 Å². The molecule has 5 unspecified atom stereocenters. The minimum Gasteiger partial charge on any atom is -0.462 e. The number of allylic oxidation sites excluding steroid dienone is 20. The molecule has 0 aromatic rings. The van der Waals surface area contributed by atoms with E-state index in [1.165, 1.54) is 32.1 Å². The van der Waals surface area contributed by atoms with E-state index >= 15 is 0 Å². The van der Waals surface area contributed by atoms with Crippen LogP contribution in [-0.2, 0) is 65.4 Å². The van der Waals surface area contributed by atoms with E-state index in [1.54, 1.807) is 0 Å². The van der Waals surface area contributed by atoms with E-state index in [4.69, 9.17) is 37.0 Å². The van der Waals surface area contributed by atoms with Gasteiger partial charge in [-0.05, 0) is 148 Å². The van der Waals surface area contributed by atoms with Crippen LogP contribution in [0.15, 0.2) is 122 Å². The Labute approximate surface area is 606 Å². The molecule has 0 aromatic carbocycles. The zero-order valence-corrected chi connectivity index (χ0v) is 64.4. The molecule has 0 aliphatic heterocycles. The lowest BCUT2D eigenvalue weighted by Gasteiger charge is -2.21. The Kier molecular flexibility index (Phi) is 69.5. The summed E-state index contributed by atoms with van der Waals surface area (Å²) in [7, 11) is -9.97. The molecule has 19 heteroatoms. The molecule has 0 saturated heterocycles. The molecular formula is C81H138O17P2. The van der Waals surface area contributed by atoms with Crippen LogP contribution in [0.1, 0.15) is 310 Å². The molecule has 0 spiro atoms. The molecule has 0 aliphatic carbocycles. The van der Waals surface area contributed by atoms with Crippen molar-refractivity contribution in [1.82, 2.24) is 0 Å². The molecule has 574 valence electrons. The first-order valence-corrected chi connectivity index (χ1v) is 41.8. The smallest absolute Gasteiger partial charge is 0.462 e. The van der Waals surface area contributed by atoms with Gasteiger partial charge in [0, 0.05) is 25.7 Å². The number of carbonyl (C=O) groups excluding carboxylic acids is 4. The van der Waals surface area contributed by atoms with Crippen molar-refractivity contribution in [2.75, 3.05) is 39.6 Å². The Morgan fingerprint density at radius 1 is 0.290 bits per heavy atom. The van der Waals surface area contributed by atoms with Crippen LogP contribution < -0.4 is 0 Å². The summed E-state index contributed by atoms with van der Waals surface area (Å²) < 4.78 is 68.4. The van der Waals surface area contributed by atoms with Crippen LogP contribution in [0.25, 0.3) is 0 Å². The highest BCUT2D eigenvalue weighted by molar-refractivity contribution is 7.47. The molecule has 5 atom stereocenters. The number of hydrogen-bond donors (Lipinski definition) is 3. The van der Waals surface area contributed by atoms with E-state index < -0.39 is 97.5 Å². The highest BCUT2D eigenvalue weighted by atomic mass is 31.2. The number of phosphoric acid groups is 2. The molecule has 100 heavy (non-hydrogen) atoms. The number of carbonyl (C=O) groups is 4. The third kappa shape index (κ3) is 71.8. The third-order valence-corrected chi connectivity index (χ3v) is 17.8. The van der Waals surface area contributed by atoms with Gasteiger partial charge in [0.15, 0.2) is 12.2 Å². The Hall–Kier alpha value is -4.54. The summed E-state index contributed by atoms with van der Waals surface area (Å²) in [6.45, 7) is 4.56.